The Labute approximate surface area is 307 Å². The van der Waals surface area contributed by atoms with Gasteiger partial charge in [0.05, 0.1) is 22.1 Å². The summed E-state index contributed by atoms with van der Waals surface area (Å²) in [4.78, 5) is 26.7. The van der Waals surface area contributed by atoms with Gasteiger partial charge in [0, 0.05) is 53.5 Å². The molecule has 15 heteroatoms. The molecule has 4 aromatic carbocycles. The third kappa shape index (κ3) is 7.67. The molecular weight excluding hydrogens is 698 g/mol. The van der Waals surface area contributed by atoms with E-state index in [9.17, 15) is 8.78 Å². The molecule has 53 heavy (non-hydrogen) atoms. The summed E-state index contributed by atoms with van der Waals surface area (Å²) in [7, 11) is 0. The molecule has 8 rings (SSSR count). The Kier molecular flexibility index (Phi) is 9.77. The number of aryl methyl sites for hydroxylation is 2. The minimum atomic E-state index is -0.340. The van der Waals surface area contributed by atoms with Crippen LogP contribution in [0.2, 0.25) is 5.02 Å². The van der Waals surface area contributed by atoms with Crippen molar-refractivity contribution in [3.8, 4) is 11.6 Å². The first kappa shape index (κ1) is 34.8. The third-order valence-corrected chi connectivity index (χ3v) is 8.31. The van der Waals surface area contributed by atoms with Crippen LogP contribution in [0.4, 0.5) is 43.7 Å². The lowest BCUT2D eigenvalue weighted by atomic mass is 10.3. The van der Waals surface area contributed by atoms with Crippen LogP contribution in [0, 0.1) is 11.6 Å². The SMILES string of the molecule is CCc1nc2ccc(F)cc2n1-c1cc(N)nc(Nc2ccc(Cl)cc2)n1.CCc1nc2ccc(F)cc2n1-c1cc(N)nc(Nc2ccccc2)n1. The standard InChI is InChI=1S/C19H16ClFN6.C19H17FN6/c1-2-17-24-14-8-5-12(21)9-15(14)27(17)18-10-16(22)25-19(26-18)23-13-6-3-11(20)4-7-13;1-2-17-23-14-9-8-12(20)10-15(14)26(17)18-11-16(21)24-19(25-18)22-13-6-4-3-5-7-13/h3-10H,2H2,1H3,(H3,22,23,25,26);3-11H,2H2,1H3,(H3,21,22,24,25). The van der Waals surface area contributed by atoms with E-state index in [4.69, 9.17) is 23.1 Å². The zero-order chi connectivity index (χ0) is 37.1. The molecule has 6 N–H and O–H groups in total. The molecule has 0 aliphatic rings. The van der Waals surface area contributed by atoms with Gasteiger partial charge >= 0.3 is 0 Å². The van der Waals surface area contributed by atoms with E-state index in [0.717, 1.165) is 23.0 Å². The second kappa shape index (κ2) is 14.9. The third-order valence-electron chi connectivity index (χ3n) is 8.06. The van der Waals surface area contributed by atoms with Crippen LogP contribution in [0.1, 0.15) is 25.5 Å². The number of nitrogens with one attached hydrogen (secondary N) is 2. The van der Waals surface area contributed by atoms with Crippen molar-refractivity contribution < 1.29 is 8.78 Å². The number of benzene rings is 4. The fourth-order valence-corrected chi connectivity index (χ4v) is 5.87. The highest BCUT2D eigenvalue weighted by molar-refractivity contribution is 6.30. The molecule has 4 heterocycles. The number of halogens is 3. The first-order valence-corrected chi connectivity index (χ1v) is 17.0. The Balaban J connectivity index is 0.000000164. The van der Waals surface area contributed by atoms with Crippen molar-refractivity contribution in [1.29, 1.82) is 0 Å². The van der Waals surface area contributed by atoms with Crippen molar-refractivity contribution in [1.82, 2.24) is 39.0 Å². The van der Waals surface area contributed by atoms with Gasteiger partial charge in [0.2, 0.25) is 11.9 Å². The molecule has 0 unspecified atom stereocenters. The molecular formula is C38H33ClF2N12. The zero-order valence-electron chi connectivity index (χ0n) is 28.6. The molecule has 0 amide bonds. The number of nitrogens with zero attached hydrogens (tertiary/aromatic N) is 8. The molecule has 0 radical (unpaired) electrons. The summed E-state index contributed by atoms with van der Waals surface area (Å²) in [5.74, 6) is 3.22. The second-order valence-corrected chi connectivity index (χ2v) is 12.2. The van der Waals surface area contributed by atoms with Crippen LogP contribution < -0.4 is 22.1 Å². The van der Waals surface area contributed by atoms with Crippen molar-refractivity contribution in [3.63, 3.8) is 0 Å². The number of aromatic nitrogens is 8. The Morgan fingerprint density at radius 2 is 1.02 bits per heavy atom. The topological polar surface area (TPSA) is 163 Å². The fourth-order valence-electron chi connectivity index (χ4n) is 5.74. The lowest BCUT2D eigenvalue weighted by molar-refractivity contribution is 0.628. The lowest BCUT2D eigenvalue weighted by Gasteiger charge is -2.11. The summed E-state index contributed by atoms with van der Waals surface area (Å²) in [6, 6.07) is 29.0. The maximum Gasteiger partial charge on any atom is 0.231 e. The van der Waals surface area contributed by atoms with Crippen molar-refractivity contribution in [2.75, 3.05) is 22.1 Å². The number of imidazole rings is 2. The number of nitrogen functional groups attached to an aromatic ring is 2. The van der Waals surface area contributed by atoms with E-state index < -0.39 is 0 Å². The van der Waals surface area contributed by atoms with E-state index in [1.165, 1.54) is 24.3 Å². The average molecular weight is 731 g/mol. The van der Waals surface area contributed by atoms with Gasteiger partial charge in [-0.1, -0.05) is 43.6 Å². The molecule has 8 aromatic rings. The van der Waals surface area contributed by atoms with Crippen molar-refractivity contribution in [2.45, 2.75) is 26.7 Å². The molecule has 12 nitrogen and oxygen atoms in total. The van der Waals surface area contributed by atoms with E-state index in [0.29, 0.717) is 69.3 Å². The molecule has 0 atom stereocenters. The van der Waals surface area contributed by atoms with Crippen LogP contribution in [-0.2, 0) is 12.8 Å². The van der Waals surface area contributed by atoms with Crippen LogP contribution >= 0.6 is 11.6 Å². The minimum Gasteiger partial charge on any atom is -0.383 e. The quantitative estimate of drug-likeness (QED) is 0.120. The van der Waals surface area contributed by atoms with E-state index in [2.05, 4.69) is 40.5 Å². The van der Waals surface area contributed by atoms with Crippen molar-refractivity contribution in [3.05, 3.63) is 131 Å². The molecule has 0 saturated heterocycles. The predicted molar refractivity (Wildman–Crippen MR) is 205 cm³/mol. The number of nitrogens with two attached hydrogens (primary N) is 2. The van der Waals surface area contributed by atoms with E-state index in [1.54, 1.807) is 41.0 Å². The van der Waals surface area contributed by atoms with Gasteiger partial charge in [-0.2, -0.15) is 19.9 Å². The summed E-state index contributed by atoms with van der Waals surface area (Å²) in [5, 5.41) is 6.87. The number of hydrogen-bond acceptors (Lipinski definition) is 10. The smallest absolute Gasteiger partial charge is 0.231 e. The molecule has 266 valence electrons. The zero-order valence-corrected chi connectivity index (χ0v) is 29.4. The first-order valence-electron chi connectivity index (χ1n) is 16.7. The summed E-state index contributed by atoms with van der Waals surface area (Å²) in [6.07, 6.45) is 1.32. The van der Waals surface area contributed by atoms with Gasteiger partial charge in [-0.25, -0.2) is 18.7 Å². The van der Waals surface area contributed by atoms with Gasteiger partial charge in [-0.3, -0.25) is 9.13 Å². The molecule has 0 aliphatic heterocycles. The van der Waals surface area contributed by atoms with E-state index in [-0.39, 0.29) is 17.5 Å². The Hall–Kier alpha value is -6.67. The van der Waals surface area contributed by atoms with Crippen molar-refractivity contribution >= 4 is 68.6 Å². The average Bonchev–Trinajstić information content (AvgIpc) is 3.70. The number of rotatable bonds is 8. The van der Waals surface area contributed by atoms with Gasteiger partial charge in [0.25, 0.3) is 0 Å². The monoisotopic (exact) mass is 730 g/mol. The van der Waals surface area contributed by atoms with E-state index >= 15 is 0 Å². The Morgan fingerprint density at radius 1 is 0.566 bits per heavy atom. The van der Waals surface area contributed by atoms with Gasteiger partial charge in [0.1, 0.15) is 46.6 Å². The number of anilines is 6. The van der Waals surface area contributed by atoms with Gasteiger partial charge in [-0.15, -0.1) is 0 Å². The fraction of sp³-hybridized carbons (Fsp3) is 0.105. The number of hydrogen-bond donors (Lipinski definition) is 4. The van der Waals surface area contributed by atoms with Crippen LogP contribution in [0.3, 0.4) is 0 Å². The molecule has 4 aromatic heterocycles. The summed E-state index contributed by atoms with van der Waals surface area (Å²) < 4.78 is 31.2. The molecule has 0 fully saturated rings. The van der Waals surface area contributed by atoms with Crippen LogP contribution in [0.15, 0.2) is 103 Å². The van der Waals surface area contributed by atoms with Crippen LogP contribution in [0.5, 0.6) is 0 Å². The molecule has 0 saturated carbocycles. The molecule has 0 bridgehead atoms. The maximum absolute atomic E-state index is 13.8. The maximum atomic E-state index is 13.8. The number of fused-ring (bicyclic) bond motifs is 2. The van der Waals surface area contributed by atoms with Crippen molar-refractivity contribution in [2.24, 2.45) is 0 Å². The second-order valence-electron chi connectivity index (χ2n) is 11.8. The molecule has 0 aliphatic carbocycles. The van der Waals surface area contributed by atoms with Crippen LogP contribution in [0.25, 0.3) is 33.7 Å². The normalized spacial score (nSPS) is 11.0. The highest BCUT2D eigenvalue weighted by Crippen LogP contribution is 2.26. The predicted octanol–water partition coefficient (Wildman–Crippen LogP) is 8.34. The number of para-hydroxylation sites is 1. The van der Waals surface area contributed by atoms with Crippen LogP contribution in [-0.4, -0.2) is 39.0 Å². The highest BCUT2D eigenvalue weighted by atomic mass is 35.5. The van der Waals surface area contributed by atoms with Gasteiger partial charge in [0.15, 0.2) is 0 Å². The Morgan fingerprint density at radius 3 is 1.47 bits per heavy atom. The summed E-state index contributed by atoms with van der Waals surface area (Å²) in [5.41, 5.74) is 16.3. The van der Waals surface area contributed by atoms with Gasteiger partial charge in [-0.05, 0) is 60.7 Å². The minimum absolute atomic E-state index is 0.289. The largest absolute Gasteiger partial charge is 0.383 e. The summed E-state index contributed by atoms with van der Waals surface area (Å²) >= 11 is 5.91. The lowest BCUT2D eigenvalue weighted by Crippen LogP contribution is -2.08. The highest BCUT2D eigenvalue weighted by Gasteiger charge is 2.17. The Bertz CT molecular complexity index is 2550. The molecule has 0 spiro atoms. The summed E-state index contributed by atoms with van der Waals surface area (Å²) in [6.45, 7) is 3.97. The first-order chi connectivity index (χ1) is 25.7. The van der Waals surface area contributed by atoms with Gasteiger partial charge < -0.3 is 22.1 Å². The van der Waals surface area contributed by atoms with E-state index in [1.807, 2.05) is 60.9 Å².